The second-order valence-electron chi connectivity index (χ2n) is 7.41. The van der Waals surface area contributed by atoms with E-state index in [0.717, 1.165) is 0 Å². The van der Waals surface area contributed by atoms with Crippen LogP contribution in [0.2, 0.25) is 0 Å². The standard InChI is InChI=1S/C17H22N2O4/c1-16(2,3)23-15(22)18-9-7-17(8-10-18)11-19-12(14(17)21)5-4-6-13(19)20/h4-6H,7-11H2,1-3H3. The summed E-state index contributed by atoms with van der Waals surface area (Å²) in [7, 11) is 0. The fourth-order valence-corrected chi connectivity index (χ4v) is 3.36. The fraction of sp³-hybridized carbons (Fsp3) is 0.588. The molecule has 2 aliphatic heterocycles. The second kappa shape index (κ2) is 5.22. The van der Waals surface area contributed by atoms with Gasteiger partial charge in [-0.3, -0.25) is 9.59 Å². The van der Waals surface area contributed by atoms with Crippen LogP contribution in [0.1, 0.15) is 44.1 Å². The quantitative estimate of drug-likeness (QED) is 0.734. The molecule has 1 aromatic heterocycles. The topological polar surface area (TPSA) is 68.6 Å². The third-order valence-corrected chi connectivity index (χ3v) is 4.60. The number of amides is 1. The number of rotatable bonds is 0. The number of Topliss-reactive ketones (excluding diaryl/α,β-unsaturated/α-hetero) is 1. The number of likely N-dealkylation sites (tertiary alicyclic amines) is 1. The maximum Gasteiger partial charge on any atom is 0.410 e. The zero-order valence-corrected chi connectivity index (χ0v) is 13.8. The molecule has 1 amide bonds. The van der Waals surface area contributed by atoms with Crippen molar-refractivity contribution >= 4 is 11.9 Å². The Morgan fingerprint density at radius 2 is 1.83 bits per heavy atom. The highest BCUT2D eigenvalue weighted by Gasteiger charge is 2.48. The number of carbonyl (C=O) groups is 2. The van der Waals surface area contributed by atoms with Crippen LogP contribution >= 0.6 is 0 Å². The summed E-state index contributed by atoms with van der Waals surface area (Å²) in [4.78, 5) is 38.5. The minimum atomic E-state index is -0.550. The van der Waals surface area contributed by atoms with Gasteiger partial charge in [-0.1, -0.05) is 6.07 Å². The average Bonchev–Trinajstić information content (AvgIpc) is 2.73. The van der Waals surface area contributed by atoms with E-state index in [1.807, 2.05) is 20.8 Å². The van der Waals surface area contributed by atoms with Crippen molar-refractivity contribution in [2.24, 2.45) is 5.41 Å². The third-order valence-electron chi connectivity index (χ3n) is 4.60. The minimum Gasteiger partial charge on any atom is -0.444 e. The number of aromatic nitrogens is 1. The third kappa shape index (κ3) is 2.78. The zero-order valence-electron chi connectivity index (χ0n) is 13.8. The first-order valence-electron chi connectivity index (χ1n) is 7.94. The molecule has 0 N–H and O–H groups in total. The van der Waals surface area contributed by atoms with E-state index in [1.54, 1.807) is 21.6 Å². The normalized spacial score (nSPS) is 19.8. The molecule has 0 unspecified atom stereocenters. The summed E-state index contributed by atoms with van der Waals surface area (Å²) in [5, 5.41) is 0. The second-order valence-corrected chi connectivity index (χ2v) is 7.41. The Morgan fingerprint density at radius 1 is 1.17 bits per heavy atom. The predicted octanol–water partition coefficient (Wildman–Crippen LogP) is 2.06. The Kier molecular flexibility index (Phi) is 3.58. The Hall–Kier alpha value is -2.11. The summed E-state index contributed by atoms with van der Waals surface area (Å²) in [6, 6.07) is 4.81. The molecule has 0 aliphatic carbocycles. The molecule has 3 rings (SSSR count). The van der Waals surface area contributed by atoms with Crippen molar-refractivity contribution in [1.82, 2.24) is 9.47 Å². The molecule has 3 heterocycles. The number of pyridine rings is 1. The van der Waals surface area contributed by atoms with E-state index in [9.17, 15) is 14.4 Å². The number of ether oxygens (including phenoxy) is 1. The van der Waals surface area contributed by atoms with Crippen molar-refractivity contribution in [3.63, 3.8) is 0 Å². The van der Waals surface area contributed by atoms with Gasteiger partial charge in [0.05, 0.1) is 11.1 Å². The van der Waals surface area contributed by atoms with Gasteiger partial charge in [0.25, 0.3) is 5.56 Å². The summed E-state index contributed by atoms with van der Waals surface area (Å²) in [5.74, 6) is 0.0269. The SMILES string of the molecule is CC(C)(C)OC(=O)N1CCC2(CC1)Cn1c(cccc1=O)C2=O. The lowest BCUT2D eigenvalue weighted by molar-refractivity contribution is 0.0104. The van der Waals surface area contributed by atoms with Crippen LogP contribution in [0, 0.1) is 5.41 Å². The van der Waals surface area contributed by atoms with Crippen LogP contribution in [0.3, 0.4) is 0 Å². The lowest BCUT2D eigenvalue weighted by Crippen LogP contribution is -2.47. The molecule has 1 fully saturated rings. The number of ketones is 1. The molecule has 0 saturated carbocycles. The Morgan fingerprint density at radius 3 is 2.39 bits per heavy atom. The van der Waals surface area contributed by atoms with Crippen molar-refractivity contribution in [2.75, 3.05) is 13.1 Å². The van der Waals surface area contributed by atoms with Crippen LogP contribution < -0.4 is 5.56 Å². The summed E-state index contributed by atoms with van der Waals surface area (Å²) in [6.07, 6.45) is 0.783. The average molecular weight is 318 g/mol. The van der Waals surface area contributed by atoms with Gasteiger partial charge >= 0.3 is 6.09 Å². The smallest absolute Gasteiger partial charge is 0.410 e. The highest BCUT2D eigenvalue weighted by atomic mass is 16.6. The molecule has 1 spiro atoms. The molecule has 2 aliphatic rings. The molecule has 23 heavy (non-hydrogen) atoms. The van der Waals surface area contributed by atoms with Crippen molar-refractivity contribution in [1.29, 1.82) is 0 Å². The lowest BCUT2D eigenvalue weighted by Gasteiger charge is -2.38. The lowest BCUT2D eigenvalue weighted by atomic mass is 9.76. The molecule has 0 aromatic carbocycles. The molecular formula is C17H22N2O4. The van der Waals surface area contributed by atoms with Gasteiger partial charge in [0.2, 0.25) is 0 Å². The monoisotopic (exact) mass is 318 g/mol. The van der Waals surface area contributed by atoms with E-state index in [2.05, 4.69) is 0 Å². The van der Waals surface area contributed by atoms with Crippen LogP contribution in [-0.2, 0) is 11.3 Å². The molecule has 1 aromatic rings. The van der Waals surface area contributed by atoms with Gasteiger partial charge in [0, 0.05) is 25.7 Å². The molecule has 1 saturated heterocycles. The van der Waals surface area contributed by atoms with Crippen LogP contribution in [0.25, 0.3) is 0 Å². The summed E-state index contributed by atoms with van der Waals surface area (Å²) >= 11 is 0. The van der Waals surface area contributed by atoms with Gasteiger partial charge in [0.15, 0.2) is 5.78 Å². The van der Waals surface area contributed by atoms with Gasteiger partial charge in [-0.15, -0.1) is 0 Å². The first kappa shape index (κ1) is 15.8. The maximum absolute atomic E-state index is 12.7. The molecule has 0 atom stereocenters. The molecule has 6 nitrogen and oxygen atoms in total. The Balaban J connectivity index is 1.73. The number of piperidine rings is 1. The number of hydrogen-bond donors (Lipinski definition) is 0. The fourth-order valence-electron chi connectivity index (χ4n) is 3.36. The van der Waals surface area contributed by atoms with Crippen molar-refractivity contribution in [3.8, 4) is 0 Å². The Bertz CT molecular complexity index is 706. The van der Waals surface area contributed by atoms with Gasteiger partial charge in [0.1, 0.15) is 5.60 Å². The van der Waals surface area contributed by atoms with Crippen molar-refractivity contribution in [3.05, 3.63) is 34.2 Å². The van der Waals surface area contributed by atoms with E-state index in [1.165, 1.54) is 6.07 Å². The van der Waals surface area contributed by atoms with E-state index < -0.39 is 11.0 Å². The minimum absolute atomic E-state index is 0.0269. The van der Waals surface area contributed by atoms with Crippen LogP contribution in [0.15, 0.2) is 23.0 Å². The number of nitrogens with zero attached hydrogens (tertiary/aromatic N) is 2. The van der Waals surface area contributed by atoms with Crippen LogP contribution in [0.5, 0.6) is 0 Å². The maximum atomic E-state index is 12.7. The summed E-state index contributed by atoms with van der Waals surface area (Å²) < 4.78 is 6.94. The van der Waals surface area contributed by atoms with Crippen LogP contribution in [-0.4, -0.2) is 40.0 Å². The summed E-state index contributed by atoms with van der Waals surface area (Å²) in [6.45, 7) is 6.87. The molecular weight excluding hydrogens is 296 g/mol. The molecule has 124 valence electrons. The molecule has 0 bridgehead atoms. The molecule has 0 radical (unpaired) electrons. The number of carbonyl (C=O) groups excluding carboxylic acids is 2. The van der Waals surface area contributed by atoms with Gasteiger partial charge in [-0.2, -0.15) is 0 Å². The largest absolute Gasteiger partial charge is 0.444 e. The van der Waals surface area contributed by atoms with Gasteiger partial charge < -0.3 is 14.2 Å². The first-order valence-corrected chi connectivity index (χ1v) is 7.94. The van der Waals surface area contributed by atoms with E-state index in [0.29, 0.717) is 38.2 Å². The number of fused-ring (bicyclic) bond motifs is 1. The van der Waals surface area contributed by atoms with Crippen molar-refractivity contribution < 1.29 is 14.3 Å². The summed E-state index contributed by atoms with van der Waals surface area (Å²) in [5.41, 5.74) is -0.726. The van der Waals surface area contributed by atoms with E-state index >= 15 is 0 Å². The van der Waals surface area contributed by atoms with Gasteiger partial charge in [-0.25, -0.2) is 4.79 Å². The number of hydrogen-bond acceptors (Lipinski definition) is 4. The van der Waals surface area contributed by atoms with E-state index in [4.69, 9.17) is 4.74 Å². The van der Waals surface area contributed by atoms with Gasteiger partial charge in [-0.05, 0) is 39.7 Å². The first-order chi connectivity index (χ1) is 10.7. The van der Waals surface area contributed by atoms with Crippen molar-refractivity contribution in [2.45, 2.75) is 45.8 Å². The highest BCUT2D eigenvalue weighted by molar-refractivity contribution is 6.01. The van der Waals surface area contributed by atoms with E-state index in [-0.39, 0.29) is 17.4 Å². The van der Waals surface area contributed by atoms with Crippen LogP contribution in [0.4, 0.5) is 4.79 Å². The molecule has 6 heteroatoms. The zero-order chi connectivity index (χ0) is 16.8. The highest BCUT2D eigenvalue weighted by Crippen LogP contribution is 2.40. The predicted molar refractivity (Wildman–Crippen MR) is 84.5 cm³/mol. The Labute approximate surface area is 135 Å².